The summed E-state index contributed by atoms with van der Waals surface area (Å²) in [6.07, 6.45) is 4.28. The van der Waals surface area contributed by atoms with Crippen LogP contribution < -0.4 is 10.1 Å². The number of ether oxygens (including phenoxy) is 3. The van der Waals surface area contributed by atoms with E-state index in [-0.39, 0.29) is 5.91 Å². The van der Waals surface area contributed by atoms with Crippen molar-refractivity contribution < 1.29 is 23.8 Å². The van der Waals surface area contributed by atoms with Crippen LogP contribution in [0, 0.1) is 5.92 Å². The molecule has 26 heavy (non-hydrogen) atoms. The van der Waals surface area contributed by atoms with E-state index >= 15 is 0 Å². The lowest BCUT2D eigenvalue weighted by Crippen LogP contribution is -2.47. The number of amides is 1. The standard InChI is InChI=1S/C20H29NO5/c1-5-11-26-17-9-8-15(12-16(17)18(22)24-3)21-19(23)20(25-4)10-6-7-14(2)13-20/h8-9,12,14H,5-7,10-11,13H2,1-4H3,(H,21,23)/t14-,20-/m1/s1. The number of anilines is 1. The number of rotatable bonds is 7. The molecule has 2 rings (SSSR count). The average molecular weight is 363 g/mol. The van der Waals surface area contributed by atoms with Crippen LogP contribution in [0.2, 0.25) is 0 Å². The van der Waals surface area contributed by atoms with Crippen LogP contribution in [0.3, 0.4) is 0 Å². The van der Waals surface area contributed by atoms with Gasteiger partial charge < -0.3 is 19.5 Å². The van der Waals surface area contributed by atoms with Gasteiger partial charge in [-0.05, 0) is 49.8 Å². The van der Waals surface area contributed by atoms with Gasteiger partial charge in [-0.2, -0.15) is 0 Å². The Hall–Kier alpha value is -2.08. The Morgan fingerprint density at radius 3 is 2.69 bits per heavy atom. The predicted octanol–water partition coefficient (Wildman–Crippen LogP) is 3.80. The minimum Gasteiger partial charge on any atom is -0.493 e. The molecule has 1 amide bonds. The number of hydrogen-bond acceptors (Lipinski definition) is 5. The highest BCUT2D eigenvalue weighted by atomic mass is 16.5. The SMILES string of the molecule is CCCOc1ccc(NC(=O)[C@@]2(OC)CCC[C@@H](C)C2)cc1C(=O)OC. The van der Waals surface area contributed by atoms with Crippen molar-refractivity contribution in [2.75, 3.05) is 26.1 Å². The molecule has 1 aliphatic carbocycles. The van der Waals surface area contributed by atoms with Gasteiger partial charge in [0.05, 0.1) is 13.7 Å². The van der Waals surface area contributed by atoms with Gasteiger partial charge in [0.25, 0.3) is 5.91 Å². The largest absolute Gasteiger partial charge is 0.493 e. The van der Waals surface area contributed by atoms with Crippen molar-refractivity contribution in [3.05, 3.63) is 23.8 Å². The van der Waals surface area contributed by atoms with E-state index in [2.05, 4.69) is 12.2 Å². The molecule has 0 bridgehead atoms. The summed E-state index contributed by atoms with van der Waals surface area (Å²) in [6.45, 7) is 4.62. The first-order valence-corrected chi connectivity index (χ1v) is 9.17. The number of nitrogens with one attached hydrogen (secondary N) is 1. The molecule has 1 aromatic rings. The number of carbonyl (C=O) groups excluding carboxylic acids is 2. The summed E-state index contributed by atoms with van der Waals surface area (Å²) in [5.41, 5.74) is -0.00311. The van der Waals surface area contributed by atoms with E-state index in [1.807, 2.05) is 6.92 Å². The zero-order chi connectivity index (χ0) is 19.2. The molecule has 0 unspecified atom stereocenters. The normalized spacial score (nSPS) is 22.5. The van der Waals surface area contributed by atoms with Crippen LogP contribution >= 0.6 is 0 Å². The van der Waals surface area contributed by atoms with Crippen LogP contribution in [0.4, 0.5) is 5.69 Å². The minimum atomic E-state index is -0.819. The van der Waals surface area contributed by atoms with Crippen molar-refractivity contribution in [3.63, 3.8) is 0 Å². The number of methoxy groups -OCH3 is 2. The maximum Gasteiger partial charge on any atom is 0.341 e. The third kappa shape index (κ3) is 4.55. The second-order valence-corrected chi connectivity index (χ2v) is 6.91. The fourth-order valence-electron chi connectivity index (χ4n) is 3.45. The molecular formula is C20H29NO5. The molecular weight excluding hydrogens is 334 g/mol. The first kappa shape index (κ1) is 20.2. The molecule has 2 atom stereocenters. The van der Waals surface area contributed by atoms with Crippen molar-refractivity contribution >= 4 is 17.6 Å². The Morgan fingerprint density at radius 2 is 2.08 bits per heavy atom. The summed E-state index contributed by atoms with van der Waals surface area (Å²) in [5, 5.41) is 2.90. The van der Waals surface area contributed by atoms with Crippen LogP contribution in [0.15, 0.2) is 18.2 Å². The highest BCUT2D eigenvalue weighted by Crippen LogP contribution is 2.36. The van der Waals surface area contributed by atoms with E-state index in [1.54, 1.807) is 25.3 Å². The van der Waals surface area contributed by atoms with E-state index in [0.717, 1.165) is 19.3 Å². The van der Waals surface area contributed by atoms with Gasteiger partial charge in [0, 0.05) is 12.8 Å². The third-order valence-electron chi connectivity index (χ3n) is 4.86. The van der Waals surface area contributed by atoms with E-state index in [1.165, 1.54) is 7.11 Å². The van der Waals surface area contributed by atoms with Gasteiger partial charge in [-0.15, -0.1) is 0 Å². The molecule has 6 heteroatoms. The lowest BCUT2D eigenvalue weighted by molar-refractivity contribution is -0.143. The summed E-state index contributed by atoms with van der Waals surface area (Å²) in [7, 11) is 2.90. The highest BCUT2D eigenvalue weighted by Gasteiger charge is 2.42. The Bertz CT molecular complexity index is 645. The lowest BCUT2D eigenvalue weighted by atomic mass is 9.78. The zero-order valence-electron chi connectivity index (χ0n) is 16.1. The zero-order valence-corrected chi connectivity index (χ0v) is 16.1. The van der Waals surface area contributed by atoms with Crippen molar-refractivity contribution in [1.82, 2.24) is 0 Å². The predicted molar refractivity (Wildman–Crippen MR) is 99.6 cm³/mol. The van der Waals surface area contributed by atoms with Gasteiger partial charge in [-0.25, -0.2) is 4.79 Å². The Labute approximate surface area is 155 Å². The molecule has 1 saturated carbocycles. The quantitative estimate of drug-likeness (QED) is 0.746. The summed E-state index contributed by atoms with van der Waals surface area (Å²) in [4.78, 5) is 24.9. The number of carbonyl (C=O) groups is 2. The van der Waals surface area contributed by atoms with Crippen molar-refractivity contribution in [1.29, 1.82) is 0 Å². The van der Waals surface area contributed by atoms with Crippen LogP contribution in [0.25, 0.3) is 0 Å². The maximum absolute atomic E-state index is 12.9. The first-order valence-electron chi connectivity index (χ1n) is 9.17. The monoisotopic (exact) mass is 363 g/mol. The fourth-order valence-corrected chi connectivity index (χ4v) is 3.45. The lowest BCUT2D eigenvalue weighted by Gasteiger charge is -2.37. The summed E-state index contributed by atoms with van der Waals surface area (Å²) >= 11 is 0. The Morgan fingerprint density at radius 1 is 1.31 bits per heavy atom. The fraction of sp³-hybridized carbons (Fsp3) is 0.600. The number of benzene rings is 1. The van der Waals surface area contributed by atoms with E-state index in [9.17, 15) is 9.59 Å². The number of hydrogen-bond donors (Lipinski definition) is 1. The van der Waals surface area contributed by atoms with Crippen molar-refractivity contribution in [3.8, 4) is 5.75 Å². The summed E-state index contributed by atoms with van der Waals surface area (Å²) in [5.74, 6) is 0.207. The Kier molecular flexibility index (Phi) is 7.03. The minimum absolute atomic E-state index is 0.176. The highest BCUT2D eigenvalue weighted by molar-refractivity contribution is 5.99. The third-order valence-corrected chi connectivity index (χ3v) is 4.86. The van der Waals surface area contributed by atoms with Crippen LogP contribution in [-0.2, 0) is 14.3 Å². The van der Waals surface area contributed by atoms with Crippen LogP contribution in [-0.4, -0.2) is 38.3 Å². The van der Waals surface area contributed by atoms with Crippen molar-refractivity contribution in [2.45, 2.75) is 51.6 Å². The molecule has 144 valence electrons. The molecule has 0 spiro atoms. The number of esters is 1. The van der Waals surface area contributed by atoms with E-state index in [0.29, 0.717) is 42.4 Å². The summed E-state index contributed by atoms with van der Waals surface area (Å²) in [6, 6.07) is 5.00. The van der Waals surface area contributed by atoms with Crippen molar-refractivity contribution in [2.24, 2.45) is 5.92 Å². The smallest absolute Gasteiger partial charge is 0.341 e. The molecule has 0 saturated heterocycles. The molecule has 1 aromatic carbocycles. The second kappa shape index (κ2) is 9.03. The van der Waals surface area contributed by atoms with Gasteiger partial charge in [-0.1, -0.05) is 20.3 Å². The van der Waals surface area contributed by atoms with Gasteiger partial charge in [0.15, 0.2) is 0 Å². The van der Waals surface area contributed by atoms with Gasteiger partial charge in [0.2, 0.25) is 0 Å². The molecule has 0 aliphatic heterocycles. The van der Waals surface area contributed by atoms with E-state index in [4.69, 9.17) is 14.2 Å². The molecule has 0 heterocycles. The van der Waals surface area contributed by atoms with Gasteiger partial charge in [0.1, 0.15) is 16.9 Å². The molecule has 1 aliphatic rings. The van der Waals surface area contributed by atoms with E-state index < -0.39 is 11.6 Å². The molecule has 1 fully saturated rings. The summed E-state index contributed by atoms with van der Waals surface area (Å²) < 4.78 is 16.1. The van der Waals surface area contributed by atoms with Crippen LogP contribution in [0.5, 0.6) is 5.75 Å². The van der Waals surface area contributed by atoms with Gasteiger partial charge in [-0.3, -0.25) is 4.79 Å². The molecule has 0 aromatic heterocycles. The Balaban J connectivity index is 2.22. The first-order chi connectivity index (χ1) is 12.5. The topological polar surface area (TPSA) is 73.9 Å². The second-order valence-electron chi connectivity index (χ2n) is 6.91. The molecule has 1 N–H and O–H groups in total. The van der Waals surface area contributed by atoms with Gasteiger partial charge >= 0.3 is 5.97 Å². The van der Waals surface area contributed by atoms with Crippen LogP contribution in [0.1, 0.15) is 56.3 Å². The molecule has 6 nitrogen and oxygen atoms in total. The average Bonchev–Trinajstić information content (AvgIpc) is 2.66. The maximum atomic E-state index is 12.9. The molecule has 0 radical (unpaired) electrons.